The van der Waals surface area contributed by atoms with Crippen molar-refractivity contribution in [2.75, 3.05) is 18.6 Å². The molecule has 5 heteroatoms. The molecule has 0 aromatic heterocycles. The summed E-state index contributed by atoms with van der Waals surface area (Å²) in [6.07, 6.45) is 2.36. The molecule has 0 radical (unpaired) electrons. The zero-order valence-corrected chi connectivity index (χ0v) is 10.8. The zero-order chi connectivity index (χ0) is 11.1. The monoisotopic (exact) mass is 250 g/mol. The maximum absolute atomic E-state index is 11.5. The molecule has 15 heavy (non-hydrogen) atoms. The van der Waals surface area contributed by atoms with Crippen molar-refractivity contribution < 1.29 is 13.2 Å². The number of methoxy groups -OCH3 is 1. The van der Waals surface area contributed by atoms with Gasteiger partial charge >= 0.3 is 0 Å². The summed E-state index contributed by atoms with van der Waals surface area (Å²) in [5.74, 6) is 2.55. The quantitative estimate of drug-likeness (QED) is 0.665. The largest absolute Gasteiger partial charge is 0.381 e. The molecule has 0 amide bonds. The van der Waals surface area contributed by atoms with Crippen LogP contribution in [0.25, 0.3) is 0 Å². The fourth-order valence-corrected chi connectivity index (χ4v) is 6.56. The third-order valence-corrected chi connectivity index (χ3v) is 7.35. The van der Waals surface area contributed by atoms with Crippen LogP contribution >= 0.6 is 10.8 Å². The number of fused-ring (bicyclic) bond motifs is 1. The van der Waals surface area contributed by atoms with Gasteiger partial charge in [0, 0.05) is 12.9 Å². The van der Waals surface area contributed by atoms with Crippen molar-refractivity contribution >= 4 is 19.7 Å². The molecule has 1 heterocycles. The first-order valence-corrected chi connectivity index (χ1v) is 8.57. The lowest BCUT2D eigenvalue weighted by Gasteiger charge is -2.41. The second kappa shape index (κ2) is 4.26. The summed E-state index contributed by atoms with van der Waals surface area (Å²) in [6.45, 7) is 2.17. The SMILES string of the molecule is CO[C@H]1C[C@@H]2CSS(=O)(=O)C[C@H]2C[C@@H]1C. The van der Waals surface area contributed by atoms with Crippen molar-refractivity contribution in [2.24, 2.45) is 17.8 Å². The fourth-order valence-electron chi connectivity index (χ4n) is 2.78. The van der Waals surface area contributed by atoms with E-state index in [1.54, 1.807) is 7.11 Å². The minimum Gasteiger partial charge on any atom is -0.381 e. The Balaban J connectivity index is 2.07. The topological polar surface area (TPSA) is 43.4 Å². The van der Waals surface area contributed by atoms with Gasteiger partial charge in [-0.15, -0.1) is 0 Å². The normalized spacial score (nSPS) is 44.7. The Morgan fingerprint density at radius 2 is 2.00 bits per heavy atom. The molecule has 2 fully saturated rings. The van der Waals surface area contributed by atoms with Gasteiger partial charge in [0.25, 0.3) is 0 Å². The Morgan fingerprint density at radius 1 is 1.27 bits per heavy atom. The molecule has 88 valence electrons. The maximum atomic E-state index is 11.5. The molecule has 2 rings (SSSR count). The summed E-state index contributed by atoms with van der Waals surface area (Å²) in [5, 5.41) is 0. The van der Waals surface area contributed by atoms with E-state index in [0.717, 1.165) is 29.4 Å². The molecule has 0 unspecified atom stereocenters. The van der Waals surface area contributed by atoms with E-state index in [0.29, 0.717) is 29.6 Å². The lowest BCUT2D eigenvalue weighted by atomic mass is 9.74. The van der Waals surface area contributed by atoms with Crippen LogP contribution in [0.3, 0.4) is 0 Å². The van der Waals surface area contributed by atoms with Gasteiger partial charge in [-0.1, -0.05) is 6.92 Å². The lowest BCUT2D eigenvalue weighted by molar-refractivity contribution is -0.00197. The molecule has 0 aromatic carbocycles. The molecule has 1 saturated heterocycles. The van der Waals surface area contributed by atoms with Crippen molar-refractivity contribution in [3.05, 3.63) is 0 Å². The highest BCUT2D eigenvalue weighted by molar-refractivity contribution is 8.72. The van der Waals surface area contributed by atoms with Crippen LogP contribution in [-0.2, 0) is 13.6 Å². The van der Waals surface area contributed by atoms with Gasteiger partial charge in [-0.25, -0.2) is 8.42 Å². The van der Waals surface area contributed by atoms with Crippen LogP contribution < -0.4 is 0 Å². The zero-order valence-electron chi connectivity index (χ0n) is 9.18. The van der Waals surface area contributed by atoms with E-state index < -0.39 is 8.87 Å². The van der Waals surface area contributed by atoms with E-state index in [2.05, 4.69) is 6.92 Å². The predicted octanol–water partition coefficient (Wildman–Crippen LogP) is 1.74. The predicted molar refractivity (Wildman–Crippen MR) is 62.4 cm³/mol. The smallest absolute Gasteiger partial charge is 0.201 e. The minimum absolute atomic E-state index is 0.327. The van der Waals surface area contributed by atoms with Crippen molar-refractivity contribution in [1.29, 1.82) is 0 Å². The van der Waals surface area contributed by atoms with Gasteiger partial charge in [0.15, 0.2) is 0 Å². The third-order valence-electron chi connectivity index (χ3n) is 3.69. The highest BCUT2D eigenvalue weighted by atomic mass is 33.1. The Bertz CT molecular complexity index is 326. The second-order valence-corrected chi connectivity index (χ2v) is 9.00. The van der Waals surface area contributed by atoms with Crippen molar-refractivity contribution in [2.45, 2.75) is 25.9 Å². The van der Waals surface area contributed by atoms with Crippen LogP contribution in [0.15, 0.2) is 0 Å². The second-order valence-electron chi connectivity index (χ2n) is 4.75. The number of hydrogen-bond acceptors (Lipinski definition) is 4. The van der Waals surface area contributed by atoms with Crippen molar-refractivity contribution in [1.82, 2.24) is 0 Å². The van der Waals surface area contributed by atoms with Crippen LogP contribution in [0.5, 0.6) is 0 Å². The number of ether oxygens (including phenoxy) is 1. The fraction of sp³-hybridized carbons (Fsp3) is 1.00. The summed E-state index contributed by atoms with van der Waals surface area (Å²) >= 11 is 0. The van der Waals surface area contributed by atoms with E-state index in [4.69, 9.17) is 4.74 Å². The van der Waals surface area contributed by atoms with Gasteiger partial charge in [-0.2, -0.15) is 0 Å². The van der Waals surface area contributed by atoms with E-state index >= 15 is 0 Å². The van der Waals surface area contributed by atoms with E-state index in [-0.39, 0.29) is 0 Å². The summed E-state index contributed by atoms with van der Waals surface area (Å²) < 4.78 is 28.4. The average Bonchev–Trinajstić information content (AvgIpc) is 2.15. The van der Waals surface area contributed by atoms with Crippen LogP contribution in [-0.4, -0.2) is 33.1 Å². The van der Waals surface area contributed by atoms with Gasteiger partial charge in [-0.3, -0.25) is 0 Å². The molecule has 0 aromatic rings. The Kier molecular flexibility index (Phi) is 3.33. The molecule has 1 aliphatic heterocycles. The lowest BCUT2D eigenvalue weighted by Crippen LogP contribution is -2.41. The standard InChI is InChI=1S/C10H18O3S2/c1-7-3-9-6-15(11,12)14-5-8(9)4-10(7)13-2/h7-10H,3-6H2,1-2H3/t7-,8+,9+,10-/m0/s1. The van der Waals surface area contributed by atoms with Crippen LogP contribution in [0.1, 0.15) is 19.8 Å². The van der Waals surface area contributed by atoms with Gasteiger partial charge in [0.2, 0.25) is 8.87 Å². The van der Waals surface area contributed by atoms with Gasteiger partial charge in [0.05, 0.1) is 11.9 Å². The summed E-state index contributed by atoms with van der Waals surface area (Å²) in [4.78, 5) is 0. The molecular formula is C10H18O3S2. The Hall–Kier alpha value is 0.260. The summed E-state index contributed by atoms with van der Waals surface area (Å²) in [7, 11) is 0.0697. The average molecular weight is 250 g/mol. The van der Waals surface area contributed by atoms with E-state index in [9.17, 15) is 8.42 Å². The summed E-state index contributed by atoms with van der Waals surface area (Å²) in [5.41, 5.74) is 0. The van der Waals surface area contributed by atoms with E-state index in [1.807, 2.05) is 0 Å². The first-order valence-electron chi connectivity index (χ1n) is 5.41. The highest BCUT2D eigenvalue weighted by Crippen LogP contribution is 2.42. The maximum Gasteiger partial charge on any atom is 0.201 e. The van der Waals surface area contributed by atoms with Gasteiger partial charge in [0.1, 0.15) is 0 Å². The molecule has 0 bridgehead atoms. The number of hydrogen-bond donors (Lipinski definition) is 0. The van der Waals surface area contributed by atoms with E-state index in [1.165, 1.54) is 0 Å². The van der Waals surface area contributed by atoms with Crippen molar-refractivity contribution in [3.63, 3.8) is 0 Å². The molecular weight excluding hydrogens is 232 g/mol. The molecule has 4 atom stereocenters. The molecule has 1 saturated carbocycles. The third kappa shape index (κ3) is 2.50. The number of rotatable bonds is 1. The Morgan fingerprint density at radius 3 is 2.67 bits per heavy atom. The molecule has 1 aliphatic carbocycles. The highest BCUT2D eigenvalue weighted by Gasteiger charge is 2.40. The van der Waals surface area contributed by atoms with Crippen LogP contribution in [0, 0.1) is 17.8 Å². The van der Waals surface area contributed by atoms with Crippen molar-refractivity contribution in [3.8, 4) is 0 Å². The first kappa shape index (κ1) is 11.7. The van der Waals surface area contributed by atoms with Crippen LogP contribution in [0.4, 0.5) is 0 Å². The van der Waals surface area contributed by atoms with Crippen LogP contribution in [0.2, 0.25) is 0 Å². The molecule has 0 N–H and O–H groups in total. The first-order chi connectivity index (χ1) is 7.02. The minimum atomic E-state index is -2.82. The summed E-state index contributed by atoms with van der Waals surface area (Å²) in [6, 6.07) is 0. The molecule has 2 aliphatic rings. The molecule has 3 nitrogen and oxygen atoms in total. The Labute approximate surface area is 95.3 Å². The van der Waals surface area contributed by atoms with Gasteiger partial charge < -0.3 is 4.74 Å². The molecule has 0 spiro atoms. The van der Waals surface area contributed by atoms with Gasteiger partial charge in [-0.05, 0) is 41.4 Å².